The van der Waals surface area contributed by atoms with Gasteiger partial charge in [-0.15, -0.1) is 0 Å². The highest BCUT2D eigenvalue weighted by Crippen LogP contribution is 2.16. The monoisotopic (exact) mass is 274 g/mol. The Morgan fingerprint density at radius 3 is 2.55 bits per heavy atom. The van der Waals surface area contributed by atoms with Gasteiger partial charge < -0.3 is 9.84 Å². The van der Waals surface area contributed by atoms with Gasteiger partial charge in [0, 0.05) is 0 Å². The smallest absolute Gasteiger partial charge is 0.342 e. The van der Waals surface area contributed by atoms with E-state index in [1.807, 2.05) is 13.0 Å². The standard InChI is InChI=1S/C17H22O3/c1-13(2)7-6-8-14(3)11-12-20-17(19)15-9-4-5-10-16(15)18/h4-5,7,9-11,18H,6,8,12H2,1-3H3/b14-11+. The van der Waals surface area contributed by atoms with Crippen LogP contribution in [-0.2, 0) is 4.74 Å². The topological polar surface area (TPSA) is 46.5 Å². The molecule has 1 N–H and O–H groups in total. The molecule has 0 bridgehead atoms. The van der Waals surface area contributed by atoms with Crippen molar-refractivity contribution in [2.24, 2.45) is 0 Å². The number of benzene rings is 1. The number of ether oxygens (including phenoxy) is 1. The van der Waals surface area contributed by atoms with Crippen LogP contribution < -0.4 is 0 Å². The molecule has 0 amide bonds. The van der Waals surface area contributed by atoms with Gasteiger partial charge in [0.2, 0.25) is 0 Å². The molecule has 0 unspecified atom stereocenters. The molecule has 0 saturated heterocycles. The number of allylic oxidation sites excluding steroid dienone is 3. The van der Waals surface area contributed by atoms with Crippen LogP contribution in [0.5, 0.6) is 5.75 Å². The molecule has 1 aromatic carbocycles. The minimum atomic E-state index is -0.503. The Kier molecular flexibility index (Phi) is 6.57. The molecule has 0 fully saturated rings. The van der Waals surface area contributed by atoms with Gasteiger partial charge in [-0.3, -0.25) is 0 Å². The fraction of sp³-hybridized carbons (Fsp3) is 0.353. The van der Waals surface area contributed by atoms with Crippen molar-refractivity contribution in [3.05, 3.63) is 53.1 Å². The van der Waals surface area contributed by atoms with Crippen LogP contribution in [0.3, 0.4) is 0 Å². The molecule has 108 valence electrons. The number of phenolic OH excluding ortho intramolecular Hbond substituents is 1. The molecule has 0 atom stereocenters. The van der Waals surface area contributed by atoms with E-state index in [0.717, 1.165) is 12.8 Å². The van der Waals surface area contributed by atoms with Crippen LogP contribution >= 0.6 is 0 Å². The molecule has 1 aromatic rings. The first-order valence-corrected chi connectivity index (χ1v) is 6.75. The third-order valence-corrected chi connectivity index (χ3v) is 2.86. The molecule has 3 heteroatoms. The first-order valence-electron chi connectivity index (χ1n) is 6.75. The molecule has 0 aliphatic heterocycles. The summed E-state index contributed by atoms with van der Waals surface area (Å²) in [5.74, 6) is -0.557. The lowest BCUT2D eigenvalue weighted by atomic mass is 10.1. The number of hydrogen-bond donors (Lipinski definition) is 1. The van der Waals surface area contributed by atoms with E-state index in [2.05, 4.69) is 19.9 Å². The highest BCUT2D eigenvalue weighted by atomic mass is 16.5. The average molecular weight is 274 g/mol. The van der Waals surface area contributed by atoms with E-state index in [1.54, 1.807) is 18.2 Å². The minimum absolute atomic E-state index is 0.0539. The third-order valence-electron chi connectivity index (χ3n) is 2.86. The maximum absolute atomic E-state index is 11.7. The van der Waals surface area contributed by atoms with Crippen LogP contribution in [0.25, 0.3) is 0 Å². The van der Waals surface area contributed by atoms with E-state index in [9.17, 15) is 9.90 Å². The Morgan fingerprint density at radius 1 is 1.20 bits per heavy atom. The van der Waals surface area contributed by atoms with Crippen LogP contribution in [0, 0.1) is 0 Å². The predicted octanol–water partition coefficient (Wildman–Crippen LogP) is 4.24. The minimum Gasteiger partial charge on any atom is -0.507 e. The molecule has 0 saturated carbocycles. The van der Waals surface area contributed by atoms with Crippen molar-refractivity contribution >= 4 is 5.97 Å². The summed E-state index contributed by atoms with van der Waals surface area (Å²) in [7, 11) is 0. The maximum atomic E-state index is 11.7. The maximum Gasteiger partial charge on any atom is 0.342 e. The van der Waals surface area contributed by atoms with Crippen molar-refractivity contribution in [2.75, 3.05) is 6.61 Å². The molecule has 0 aliphatic rings. The lowest BCUT2D eigenvalue weighted by Gasteiger charge is -2.05. The summed E-state index contributed by atoms with van der Waals surface area (Å²) < 4.78 is 5.12. The Labute approximate surface area is 120 Å². The largest absolute Gasteiger partial charge is 0.507 e. The third kappa shape index (κ3) is 5.74. The second kappa shape index (κ2) is 8.20. The van der Waals surface area contributed by atoms with Crippen molar-refractivity contribution in [3.8, 4) is 5.75 Å². The number of aromatic hydroxyl groups is 1. The van der Waals surface area contributed by atoms with E-state index < -0.39 is 5.97 Å². The van der Waals surface area contributed by atoms with Gasteiger partial charge in [-0.2, -0.15) is 0 Å². The van der Waals surface area contributed by atoms with Gasteiger partial charge in [-0.1, -0.05) is 29.4 Å². The molecule has 0 aliphatic carbocycles. The lowest BCUT2D eigenvalue weighted by molar-refractivity contribution is 0.0545. The number of carbonyl (C=O) groups is 1. The summed E-state index contributed by atoms with van der Waals surface area (Å²) in [6.45, 7) is 6.40. The Bertz CT molecular complexity index is 509. The van der Waals surface area contributed by atoms with Crippen molar-refractivity contribution in [1.29, 1.82) is 0 Å². The molecular weight excluding hydrogens is 252 g/mol. The second-order valence-electron chi connectivity index (χ2n) is 4.99. The van der Waals surface area contributed by atoms with Crippen LogP contribution in [0.15, 0.2) is 47.6 Å². The first-order chi connectivity index (χ1) is 9.50. The van der Waals surface area contributed by atoms with E-state index >= 15 is 0 Å². The van der Waals surface area contributed by atoms with Gasteiger partial charge in [0.05, 0.1) is 0 Å². The molecule has 0 heterocycles. The molecule has 0 aromatic heterocycles. The molecule has 3 nitrogen and oxygen atoms in total. The van der Waals surface area contributed by atoms with E-state index in [-0.39, 0.29) is 17.9 Å². The number of carbonyl (C=O) groups excluding carboxylic acids is 1. The normalized spacial score (nSPS) is 11.1. The average Bonchev–Trinajstić information content (AvgIpc) is 2.38. The van der Waals surface area contributed by atoms with Gasteiger partial charge in [-0.05, 0) is 51.8 Å². The predicted molar refractivity (Wildman–Crippen MR) is 80.8 cm³/mol. The van der Waals surface area contributed by atoms with Crippen molar-refractivity contribution in [3.63, 3.8) is 0 Å². The van der Waals surface area contributed by atoms with Gasteiger partial charge >= 0.3 is 5.97 Å². The summed E-state index contributed by atoms with van der Waals surface area (Å²) in [4.78, 5) is 11.7. The lowest BCUT2D eigenvalue weighted by Crippen LogP contribution is -2.05. The van der Waals surface area contributed by atoms with E-state index in [0.29, 0.717) is 0 Å². The fourth-order valence-corrected chi connectivity index (χ4v) is 1.67. The molecule has 1 rings (SSSR count). The summed E-state index contributed by atoms with van der Waals surface area (Å²) in [6.07, 6.45) is 6.04. The van der Waals surface area contributed by atoms with Gasteiger partial charge in [0.1, 0.15) is 17.9 Å². The Morgan fingerprint density at radius 2 is 1.90 bits per heavy atom. The van der Waals surface area contributed by atoms with E-state index in [4.69, 9.17) is 4.74 Å². The summed E-state index contributed by atoms with van der Waals surface area (Å²) in [6, 6.07) is 6.37. The SMILES string of the molecule is CC(C)=CCC/C(C)=C/COC(=O)c1ccccc1O. The van der Waals surface area contributed by atoms with Crippen molar-refractivity contribution < 1.29 is 14.6 Å². The molecule has 0 radical (unpaired) electrons. The number of hydrogen-bond acceptors (Lipinski definition) is 3. The molecular formula is C17H22O3. The molecule has 0 spiro atoms. The van der Waals surface area contributed by atoms with Gasteiger partial charge in [-0.25, -0.2) is 4.79 Å². The Balaban J connectivity index is 2.42. The number of esters is 1. The summed E-state index contributed by atoms with van der Waals surface area (Å²) in [5.41, 5.74) is 2.69. The summed E-state index contributed by atoms with van der Waals surface area (Å²) >= 11 is 0. The van der Waals surface area contributed by atoms with Crippen molar-refractivity contribution in [2.45, 2.75) is 33.6 Å². The van der Waals surface area contributed by atoms with Gasteiger partial charge in [0.15, 0.2) is 0 Å². The van der Waals surface area contributed by atoms with Crippen molar-refractivity contribution in [1.82, 2.24) is 0 Å². The van der Waals surface area contributed by atoms with Crippen LogP contribution in [0.4, 0.5) is 0 Å². The zero-order chi connectivity index (χ0) is 15.0. The first kappa shape index (κ1) is 16.0. The van der Waals surface area contributed by atoms with Crippen LogP contribution in [0.2, 0.25) is 0 Å². The van der Waals surface area contributed by atoms with E-state index in [1.165, 1.54) is 17.2 Å². The zero-order valence-corrected chi connectivity index (χ0v) is 12.3. The highest BCUT2D eigenvalue weighted by molar-refractivity contribution is 5.92. The zero-order valence-electron chi connectivity index (χ0n) is 12.3. The number of rotatable bonds is 6. The quantitative estimate of drug-likeness (QED) is 0.623. The Hall–Kier alpha value is -2.03. The number of para-hydroxylation sites is 1. The van der Waals surface area contributed by atoms with Crippen LogP contribution in [-0.4, -0.2) is 17.7 Å². The highest BCUT2D eigenvalue weighted by Gasteiger charge is 2.10. The fourth-order valence-electron chi connectivity index (χ4n) is 1.67. The summed E-state index contributed by atoms with van der Waals surface area (Å²) in [5, 5.41) is 9.53. The van der Waals surface area contributed by atoms with Gasteiger partial charge in [0.25, 0.3) is 0 Å². The molecule has 20 heavy (non-hydrogen) atoms. The van der Waals surface area contributed by atoms with Crippen LogP contribution in [0.1, 0.15) is 44.0 Å². The number of phenols is 1. The second-order valence-corrected chi connectivity index (χ2v) is 4.99.